The van der Waals surface area contributed by atoms with E-state index >= 15 is 0 Å². The molecular formula is C41H67N3O12. The molecule has 2 aliphatic carbocycles. The summed E-state index contributed by atoms with van der Waals surface area (Å²) in [5.74, 6) is -2.78. The molecule has 0 N–H and O–H groups in total. The van der Waals surface area contributed by atoms with Gasteiger partial charge in [0.1, 0.15) is 22.4 Å². The number of ether oxygens (including phenoxy) is 5. The third-order valence-corrected chi connectivity index (χ3v) is 10.9. The van der Waals surface area contributed by atoms with Gasteiger partial charge in [-0.3, -0.25) is 43.4 Å². The SMILES string of the molecule is CC(C)(C)OC(=O)CN1CCN(CCC(C)(C)OC=O)CC(C2CCC(C(=O)OC3C(=O)CCC3=O)CC2)(N(CCC(C)(C)OC=O)CC(=O)OC(C)(C)C)C1. The maximum atomic E-state index is 13.8. The average molecular weight is 794 g/mol. The maximum absolute atomic E-state index is 13.8. The lowest BCUT2D eigenvalue weighted by molar-refractivity contribution is -0.164. The molecule has 0 bridgehead atoms. The van der Waals surface area contributed by atoms with E-state index in [4.69, 9.17) is 23.7 Å². The van der Waals surface area contributed by atoms with E-state index in [-0.39, 0.29) is 49.4 Å². The van der Waals surface area contributed by atoms with E-state index in [0.717, 1.165) is 0 Å². The fraction of sp³-hybridized carbons (Fsp3) is 0.829. The largest absolute Gasteiger partial charge is 0.462 e. The summed E-state index contributed by atoms with van der Waals surface area (Å²) in [6, 6.07) is 0. The van der Waals surface area contributed by atoms with E-state index < -0.39 is 51.9 Å². The van der Waals surface area contributed by atoms with Crippen molar-refractivity contribution in [1.82, 2.24) is 14.7 Å². The minimum atomic E-state index is -1.34. The molecule has 3 fully saturated rings. The van der Waals surface area contributed by atoms with Crippen molar-refractivity contribution < 1.29 is 57.2 Å². The number of hydrogen-bond acceptors (Lipinski definition) is 15. The Balaban J connectivity index is 2.11. The Morgan fingerprint density at radius 1 is 0.732 bits per heavy atom. The number of rotatable bonds is 18. The second-order valence-corrected chi connectivity index (χ2v) is 18.9. The van der Waals surface area contributed by atoms with Gasteiger partial charge in [0.05, 0.1) is 19.0 Å². The lowest BCUT2D eigenvalue weighted by Crippen LogP contribution is -2.66. The molecule has 56 heavy (non-hydrogen) atoms. The van der Waals surface area contributed by atoms with Crippen LogP contribution in [0.2, 0.25) is 0 Å². The van der Waals surface area contributed by atoms with Crippen LogP contribution in [-0.4, -0.2) is 144 Å². The summed E-state index contributed by atoms with van der Waals surface area (Å²) >= 11 is 0. The number of ketones is 2. The summed E-state index contributed by atoms with van der Waals surface area (Å²) in [4.78, 5) is 94.5. The molecule has 0 spiro atoms. The van der Waals surface area contributed by atoms with E-state index in [1.54, 1.807) is 34.6 Å². The topological polar surface area (TPSA) is 175 Å². The molecule has 318 valence electrons. The van der Waals surface area contributed by atoms with Gasteiger partial charge >= 0.3 is 17.9 Å². The Morgan fingerprint density at radius 2 is 1.23 bits per heavy atom. The van der Waals surface area contributed by atoms with Gasteiger partial charge in [0.15, 0.2) is 11.6 Å². The van der Waals surface area contributed by atoms with E-state index in [1.807, 2.05) is 34.6 Å². The van der Waals surface area contributed by atoms with Gasteiger partial charge in [-0.2, -0.15) is 0 Å². The van der Waals surface area contributed by atoms with Crippen LogP contribution in [0.25, 0.3) is 0 Å². The van der Waals surface area contributed by atoms with Crippen LogP contribution in [0.15, 0.2) is 0 Å². The molecule has 15 heteroatoms. The number of carbonyl (C=O) groups excluding carboxylic acids is 7. The summed E-state index contributed by atoms with van der Waals surface area (Å²) in [6.45, 7) is 21.7. The normalized spacial score (nSPS) is 23.7. The zero-order chi connectivity index (χ0) is 42.1. The van der Waals surface area contributed by atoms with E-state index in [9.17, 15) is 33.6 Å². The van der Waals surface area contributed by atoms with Gasteiger partial charge in [0, 0.05) is 57.6 Å². The summed E-state index contributed by atoms with van der Waals surface area (Å²) in [5.41, 5.74) is -3.92. The summed E-state index contributed by atoms with van der Waals surface area (Å²) in [7, 11) is 0. The molecule has 1 aliphatic heterocycles. The lowest BCUT2D eigenvalue weighted by Gasteiger charge is -2.53. The highest BCUT2D eigenvalue weighted by Gasteiger charge is 2.51. The molecule has 0 aromatic heterocycles. The summed E-state index contributed by atoms with van der Waals surface area (Å²) in [6.07, 6.45) is 1.62. The lowest BCUT2D eigenvalue weighted by atomic mass is 9.69. The van der Waals surface area contributed by atoms with E-state index in [2.05, 4.69) is 14.7 Å². The van der Waals surface area contributed by atoms with Crippen molar-refractivity contribution >= 4 is 42.4 Å². The second kappa shape index (κ2) is 19.3. The first kappa shape index (κ1) is 46.9. The van der Waals surface area contributed by atoms with Gasteiger partial charge in [0.2, 0.25) is 6.10 Å². The number of nitrogens with zero attached hydrogens (tertiary/aromatic N) is 3. The molecule has 15 nitrogen and oxygen atoms in total. The van der Waals surface area contributed by atoms with Gasteiger partial charge < -0.3 is 28.6 Å². The molecule has 0 radical (unpaired) electrons. The van der Waals surface area contributed by atoms with Gasteiger partial charge in [-0.1, -0.05) is 0 Å². The fourth-order valence-corrected chi connectivity index (χ4v) is 7.96. The highest BCUT2D eigenvalue weighted by atomic mass is 16.6. The Bertz CT molecular complexity index is 1390. The molecule has 0 aromatic carbocycles. The number of esters is 3. The molecule has 0 amide bonds. The Morgan fingerprint density at radius 3 is 1.77 bits per heavy atom. The summed E-state index contributed by atoms with van der Waals surface area (Å²) in [5, 5.41) is 0. The van der Waals surface area contributed by atoms with Crippen molar-refractivity contribution in [1.29, 1.82) is 0 Å². The molecule has 1 unspecified atom stereocenters. The van der Waals surface area contributed by atoms with Gasteiger partial charge in [0.25, 0.3) is 12.9 Å². The first-order chi connectivity index (χ1) is 25.9. The zero-order valence-electron chi connectivity index (χ0n) is 35.4. The van der Waals surface area contributed by atoms with Crippen LogP contribution in [0.1, 0.15) is 121 Å². The first-order valence-corrected chi connectivity index (χ1v) is 20.0. The predicted molar refractivity (Wildman–Crippen MR) is 205 cm³/mol. The maximum Gasteiger partial charge on any atom is 0.320 e. The van der Waals surface area contributed by atoms with Crippen LogP contribution in [-0.2, 0) is 57.2 Å². The molecule has 3 aliphatic rings. The molecule has 2 saturated carbocycles. The van der Waals surface area contributed by atoms with Gasteiger partial charge in [-0.05, 0) is 114 Å². The van der Waals surface area contributed by atoms with Crippen molar-refractivity contribution in [2.24, 2.45) is 11.8 Å². The van der Waals surface area contributed by atoms with Crippen LogP contribution < -0.4 is 0 Å². The fourth-order valence-electron chi connectivity index (χ4n) is 7.96. The molecule has 0 aromatic rings. The second-order valence-electron chi connectivity index (χ2n) is 18.9. The highest BCUT2D eigenvalue weighted by molar-refractivity contribution is 6.12. The molecule has 1 saturated heterocycles. The smallest absolute Gasteiger partial charge is 0.320 e. The first-order valence-electron chi connectivity index (χ1n) is 20.0. The van der Waals surface area contributed by atoms with Crippen LogP contribution in [0.4, 0.5) is 0 Å². The highest BCUT2D eigenvalue weighted by Crippen LogP contribution is 2.42. The van der Waals surface area contributed by atoms with Crippen LogP contribution in [0.5, 0.6) is 0 Å². The monoisotopic (exact) mass is 793 g/mol. The van der Waals surface area contributed by atoms with Crippen LogP contribution in [0.3, 0.4) is 0 Å². The molecule has 1 heterocycles. The van der Waals surface area contributed by atoms with E-state index in [1.165, 1.54) is 0 Å². The van der Waals surface area contributed by atoms with E-state index in [0.29, 0.717) is 90.7 Å². The predicted octanol–water partition coefficient (Wildman–Crippen LogP) is 3.66. The standard InChI is InChI=1S/C41H67N3O12/c1-37(2,3)55-33(49)23-43-22-21-42(19-17-39(7,8)52-27-45)25-41(26-43,44(20-18-40(9,10)53-28-46)24-34(50)56-38(4,5)6)30-13-11-29(12-14-30)36(51)54-35-31(47)15-16-32(35)48/h27-30,35H,11-26H2,1-10H3. The Kier molecular flexibility index (Phi) is 16.2. The average Bonchev–Trinajstić information content (AvgIpc) is 3.25. The third kappa shape index (κ3) is 14.5. The minimum absolute atomic E-state index is 0.00224. The van der Waals surface area contributed by atoms with Crippen LogP contribution >= 0.6 is 0 Å². The minimum Gasteiger partial charge on any atom is -0.462 e. The number of carbonyl (C=O) groups is 7. The van der Waals surface area contributed by atoms with Crippen LogP contribution in [0, 0.1) is 11.8 Å². The molecule has 1 atom stereocenters. The Hall–Kier alpha value is -3.43. The zero-order valence-corrected chi connectivity index (χ0v) is 35.4. The number of hydrogen-bond donors (Lipinski definition) is 0. The number of Topliss-reactive ketones (excluding diaryl/α,β-unsaturated/α-hetero) is 2. The third-order valence-electron chi connectivity index (χ3n) is 10.9. The quantitative estimate of drug-likeness (QED) is 0.0850. The summed E-state index contributed by atoms with van der Waals surface area (Å²) < 4.78 is 28.0. The molecular weight excluding hydrogens is 726 g/mol. The van der Waals surface area contributed by atoms with Crippen molar-refractivity contribution in [2.75, 3.05) is 52.4 Å². The molecule has 3 rings (SSSR count). The van der Waals surface area contributed by atoms with Crippen molar-refractivity contribution in [3.8, 4) is 0 Å². The van der Waals surface area contributed by atoms with Crippen molar-refractivity contribution in [3.05, 3.63) is 0 Å². The van der Waals surface area contributed by atoms with Gasteiger partial charge in [-0.15, -0.1) is 0 Å². The van der Waals surface area contributed by atoms with Crippen molar-refractivity contribution in [3.63, 3.8) is 0 Å². The Labute approximate surface area is 332 Å². The van der Waals surface area contributed by atoms with Gasteiger partial charge in [-0.25, -0.2) is 0 Å². The van der Waals surface area contributed by atoms with Crippen molar-refractivity contribution in [2.45, 2.75) is 155 Å².